The van der Waals surface area contributed by atoms with Gasteiger partial charge in [-0.25, -0.2) is 0 Å². The molecule has 1 aromatic carbocycles. The molecule has 6 heteroatoms. The average Bonchev–Trinajstić information content (AvgIpc) is 2.41. The molecule has 0 bridgehead atoms. The van der Waals surface area contributed by atoms with Gasteiger partial charge < -0.3 is 0 Å². The number of hydrazine groups is 1. The van der Waals surface area contributed by atoms with Gasteiger partial charge >= 0.3 is 0 Å². The van der Waals surface area contributed by atoms with Crippen LogP contribution in [0.5, 0.6) is 0 Å². The molecule has 0 fully saturated rings. The predicted octanol–water partition coefficient (Wildman–Crippen LogP) is 3.90. The highest BCUT2D eigenvalue weighted by Crippen LogP contribution is 2.29. The van der Waals surface area contributed by atoms with E-state index in [4.69, 9.17) is 29.0 Å². The van der Waals surface area contributed by atoms with Crippen molar-refractivity contribution in [2.45, 2.75) is 12.5 Å². The Morgan fingerprint density at radius 3 is 2.74 bits per heavy atom. The topological polar surface area (TPSA) is 50.9 Å². The van der Waals surface area contributed by atoms with Crippen LogP contribution in [0.25, 0.3) is 0 Å². The van der Waals surface area contributed by atoms with Crippen LogP contribution in [0.3, 0.4) is 0 Å². The average molecular weight is 361 g/mol. The first-order chi connectivity index (χ1) is 9.11. The van der Waals surface area contributed by atoms with E-state index in [1.165, 1.54) is 0 Å². The molecule has 2 aromatic rings. The minimum absolute atomic E-state index is 0.120. The van der Waals surface area contributed by atoms with Crippen LogP contribution in [-0.2, 0) is 6.42 Å². The maximum absolute atomic E-state index is 6.21. The van der Waals surface area contributed by atoms with Gasteiger partial charge in [0.05, 0.1) is 11.1 Å². The van der Waals surface area contributed by atoms with E-state index >= 15 is 0 Å². The van der Waals surface area contributed by atoms with Crippen LogP contribution in [0, 0.1) is 0 Å². The van der Waals surface area contributed by atoms with Gasteiger partial charge in [0, 0.05) is 21.9 Å². The zero-order valence-corrected chi connectivity index (χ0v) is 13.0. The van der Waals surface area contributed by atoms with Gasteiger partial charge in [-0.05, 0) is 41.8 Å². The van der Waals surface area contributed by atoms with Crippen LogP contribution in [0.1, 0.15) is 17.2 Å². The Kier molecular flexibility index (Phi) is 5.19. The number of aromatic nitrogens is 1. The van der Waals surface area contributed by atoms with Gasteiger partial charge in [0.25, 0.3) is 0 Å². The highest BCUT2D eigenvalue weighted by molar-refractivity contribution is 9.10. The minimum Gasteiger partial charge on any atom is -0.271 e. The smallest absolute Gasteiger partial charge is 0.0622 e. The molecule has 1 heterocycles. The van der Waals surface area contributed by atoms with E-state index in [1.54, 1.807) is 12.4 Å². The van der Waals surface area contributed by atoms with Crippen molar-refractivity contribution in [3.05, 3.63) is 62.3 Å². The summed E-state index contributed by atoms with van der Waals surface area (Å²) in [6, 6.07) is 7.42. The molecule has 0 radical (unpaired) electrons. The molecule has 1 unspecified atom stereocenters. The molecule has 0 saturated heterocycles. The summed E-state index contributed by atoms with van der Waals surface area (Å²) in [5, 5.41) is 1.28. The van der Waals surface area contributed by atoms with Crippen molar-refractivity contribution in [2.75, 3.05) is 0 Å². The van der Waals surface area contributed by atoms with E-state index < -0.39 is 0 Å². The van der Waals surface area contributed by atoms with Gasteiger partial charge in [0.1, 0.15) is 0 Å². The third kappa shape index (κ3) is 3.68. The van der Waals surface area contributed by atoms with Gasteiger partial charge in [-0.2, -0.15) is 0 Å². The predicted molar refractivity (Wildman–Crippen MR) is 82.2 cm³/mol. The lowest BCUT2D eigenvalue weighted by Gasteiger charge is -2.18. The van der Waals surface area contributed by atoms with Crippen LogP contribution in [0.15, 0.2) is 41.1 Å². The molecule has 1 aromatic heterocycles. The van der Waals surface area contributed by atoms with Crippen molar-refractivity contribution in [1.82, 2.24) is 10.4 Å². The largest absolute Gasteiger partial charge is 0.271 e. The number of nitrogens with two attached hydrogens (primary N) is 1. The van der Waals surface area contributed by atoms with Gasteiger partial charge in [-0.1, -0.05) is 39.1 Å². The second kappa shape index (κ2) is 6.68. The number of halogens is 3. The molecule has 3 nitrogen and oxygen atoms in total. The first kappa shape index (κ1) is 14.8. The molecule has 0 aliphatic carbocycles. The van der Waals surface area contributed by atoms with E-state index in [9.17, 15) is 0 Å². The summed E-state index contributed by atoms with van der Waals surface area (Å²) in [6.07, 6.45) is 3.96. The first-order valence-electron chi connectivity index (χ1n) is 5.61. The lowest BCUT2D eigenvalue weighted by molar-refractivity contribution is 0.552. The molecular weight excluding hydrogens is 349 g/mol. The Labute approximate surface area is 130 Å². The van der Waals surface area contributed by atoms with Crippen molar-refractivity contribution in [2.24, 2.45) is 5.84 Å². The number of hydrogen-bond acceptors (Lipinski definition) is 3. The summed E-state index contributed by atoms with van der Waals surface area (Å²) < 4.78 is 0.952. The Balaban J connectivity index is 2.30. The quantitative estimate of drug-likeness (QED) is 0.642. The first-order valence-corrected chi connectivity index (χ1v) is 7.16. The summed E-state index contributed by atoms with van der Waals surface area (Å²) in [5.41, 5.74) is 4.67. The lowest BCUT2D eigenvalue weighted by atomic mass is 10.00. The van der Waals surface area contributed by atoms with E-state index in [2.05, 4.69) is 26.3 Å². The third-order valence-corrected chi connectivity index (χ3v) is 3.99. The number of hydrogen-bond donors (Lipinski definition) is 2. The van der Waals surface area contributed by atoms with E-state index in [0.717, 1.165) is 15.6 Å². The SMILES string of the molecule is NNC(Cc1ccncc1Cl)c1cc(Br)ccc1Cl. The Bertz CT molecular complexity index is 578. The fourth-order valence-electron chi connectivity index (χ4n) is 1.83. The second-order valence-electron chi connectivity index (χ2n) is 4.06. The monoisotopic (exact) mass is 359 g/mol. The zero-order chi connectivity index (χ0) is 13.8. The zero-order valence-electron chi connectivity index (χ0n) is 9.91. The summed E-state index contributed by atoms with van der Waals surface area (Å²) in [5.74, 6) is 5.64. The summed E-state index contributed by atoms with van der Waals surface area (Å²) in [6.45, 7) is 0. The Morgan fingerprint density at radius 1 is 1.26 bits per heavy atom. The third-order valence-electron chi connectivity index (χ3n) is 2.82. The number of nitrogens with zero attached hydrogens (tertiary/aromatic N) is 1. The minimum atomic E-state index is -0.120. The maximum atomic E-state index is 6.21. The van der Waals surface area contributed by atoms with Crippen molar-refractivity contribution < 1.29 is 0 Å². The Morgan fingerprint density at radius 2 is 2.05 bits per heavy atom. The van der Waals surface area contributed by atoms with E-state index in [0.29, 0.717) is 16.5 Å². The van der Waals surface area contributed by atoms with Crippen LogP contribution >= 0.6 is 39.1 Å². The fourth-order valence-corrected chi connectivity index (χ4v) is 2.65. The van der Waals surface area contributed by atoms with Crippen molar-refractivity contribution in [1.29, 1.82) is 0 Å². The van der Waals surface area contributed by atoms with Crippen LogP contribution in [-0.4, -0.2) is 4.98 Å². The number of pyridine rings is 1. The molecule has 0 aliphatic heterocycles. The molecule has 0 amide bonds. The molecule has 2 rings (SSSR count). The van der Waals surface area contributed by atoms with Crippen LogP contribution in [0.2, 0.25) is 10.0 Å². The van der Waals surface area contributed by atoms with Gasteiger partial charge in [0.15, 0.2) is 0 Å². The van der Waals surface area contributed by atoms with Crippen molar-refractivity contribution >= 4 is 39.1 Å². The number of nitrogens with one attached hydrogen (secondary N) is 1. The number of benzene rings is 1. The molecular formula is C13H12BrCl2N3. The van der Waals surface area contributed by atoms with Crippen molar-refractivity contribution in [3.8, 4) is 0 Å². The second-order valence-corrected chi connectivity index (χ2v) is 5.79. The molecule has 0 spiro atoms. The van der Waals surface area contributed by atoms with E-state index in [-0.39, 0.29) is 6.04 Å². The molecule has 1 atom stereocenters. The summed E-state index contributed by atoms with van der Waals surface area (Å²) >= 11 is 15.8. The van der Waals surface area contributed by atoms with Crippen LogP contribution < -0.4 is 11.3 Å². The molecule has 19 heavy (non-hydrogen) atoms. The highest BCUT2D eigenvalue weighted by atomic mass is 79.9. The fraction of sp³-hybridized carbons (Fsp3) is 0.154. The number of rotatable bonds is 4. The van der Waals surface area contributed by atoms with Crippen LogP contribution in [0.4, 0.5) is 0 Å². The molecule has 0 saturated carbocycles. The summed E-state index contributed by atoms with van der Waals surface area (Å²) in [4.78, 5) is 3.97. The summed E-state index contributed by atoms with van der Waals surface area (Å²) in [7, 11) is 0. The van der Waals surface area contributed by atoms with Gasteiger partial charge in [0.2, 0.25) is 0 Å². The Hall–Kier alpha value is -0.650. The molecule has 3 N–H and O–H groups in total. The van der Waals surface area contributed by atoms with Gasteiger partial charge in [-0.3, -0.25) is 16.3 Å². The highest BCUT2D eigenvalue weighted by Gasteiger charge is 2.16. The normalized spacial score (nSPS) is 12.4. The van der Waals surface area contributed by atoms with Crippen molar-refractivity contribution in [3.63, 3.8) is 0 Å². The molecule has 0 aliphatic rings. The molecule has 100 valence electrons. The lowest BCUT2D eigenvalue weighted by Crippen LogP contribution is -2.30. The van der Waals surface area contributed by atoms with E-state index in [1.807, 2.05) is 24.3 Å². The standard InChI is InChI=1S/C13H12BrCl2N3/c14-9-1-2-11(15)10(6-9)13(19-17)5-8-3-4-18-7-12(8)16/h1-4,6-7,13,19H,5,17H2. The maximum Gasteiger partial charge on any atom is 0.0622 e. The van der Waals surface area contributed by atoms with Gasteiger partial charge in [-0.15, -0.1) is 0 Å².